The zero-order chi connectivity index (χ0) is 14.5. The molecule has 2 rings (SSSR count). The van der Waals surface area contributed by atoms with E-state index in [9.17, 15) is 14.7 Å². The van der Waals surface area contributed by atoms with Gasteiger partial charge in [0, 0.05) is 17.8 Å². The van der Waals surface area contributed by atoms with Crippen LogP contribution in [0, 0.1) is 5.92 Å². The molecule has 0 saturated carbocycles. The topological polar surface area (TPSA) is 57.6 Å². The quantitative estimate of drug-likeness (QED) is 0.819. The number of carboxylic acid groups (broad SMARTS) is 1. The first-order chi connectivity index (χ1) is 9.65. The molecule has 2 heterocycles. The summed E-state index contributed by atoms with van der Waals surface area (Å²) in [6.45, 7) is 2.79. The minimum absolute atomic E-state index is 0.0944. The molecule has 1 amide bonds. The van der Waals surface area contributed by atoms with Crippen molar-refractivity contribution in [3.05, 3.63) is 22.4 Å². The van der Waals surface area contributed by atoms with Crippen LogP contribution in [0.3, 0.4) is 0 Å². The number of nitrogens with zero attached hydrogens (tertiary/aromatic N) is 1. The van der Waals surface area contributed by atoms with E-state index < -0.39 is 11.9 Å². The minimum Gasteiger partial charge on any atom is -0.481 e. The standard InChI is InChI=1S/C15H21NO3S/c1-2-3-4-9-16-13(17)8-7-11(15(18)19)14(16)12-6-5-10-20-12/h5-6,10-11,14H,2-4,7-9H2,1H3,(H,18,19)/t11-,14+/m1/s1. The lowest BCUT2D eigenvalue weighted by atomic mass is 9.87. The van der Waals surface area contributed by atoms with Crippen LogP contribution in [0.2, 0.25) is 0 Å². The number of hydrogen-bond donors (Lipinski definition) is 1. The largest absolute Gasteiger partial charge is 0.481 e. The molecule has 20 heavy (non-hydrogen) atoms. The Morgan fingerprint density at radius 2 is 2.30 bits per heavy atom. The van der Waals surface area contributed by atoms with Crippen molar-refractivity contribution in [2.24, 2.45) is 5.92 Å². The van der Waals surface area contributed by atoms with Gasteiger partial charge in [0.25, 0.3) is 0 Å². The van der Waals surface area contributed by atoms with E-state index in [1.807, 2.05) is 17.5 Å². The van der Waals surface area contributed by atoms with Gasteiger partial charge in [-0.25, -0.2) is 0 Å². The SMILES string of the molecule is CCCCCN1C(=O)CC[C@@H](C(=O)O)[C@H]1c1cccs1. The molecule has 0 aliphatic carbocycles. The van der Waals surface area contributed by atoms with E-state index in [4.69, 9.17) is 0 Å². The molecule has 0 spiro atoms. The molecule has 4 nitrogen and oxygen atoms in total. The Balaban J connectivity index is 2.22. The summed E-state index contributed by atoms with van der Waals surface area (Å²) in [7, 11) is 0. The number of likely N-dealkylation sites (tertiary alicyclic amines) is 1. The van der Waals surface area contributed by atoms with Gasteiger partial charge >= 0.3 is 5.97 Å². The average molecular weight is 295 g/mol. The Bertz CT molecular complexity index is 458. The molecule has 1 N–H and O–H groups in total. The fourth-order valence-corrected chi connectivity index (χ4v) is 3.72. The number of hydrogen-bond acceptors (Lipinski definition) is 3. The lowest BCUT2D eigenvalue weighted by Gasteiger charge is -2.39. The molecule has 0 bridgehead atoms. The van der Waals surface area contributed by atoms with Crippen LogP contribution in [0.15, 0.2) is 17.5 Å². The van der Waals surface area contributed by atoms with E-state index in [-0.39, 0.29) is 11.9 Å². The number of carbonyl (C=O) groups is 2. The van der Waals surface area contributed by atoms with Gasteiger partial charge in [0.1, 0.15) is 0 Å². The molecule has 1 aromatic heterocycles. The highest BCUT2D eigenvalue weighted by Crippen LogP contribution is 2.39. The molecular formula is C15H21NO3S. The summed E-state index contributed by atoms with van der Waals surface area (Å²) >= 11 is 1.54. The lowest BCUT2D eigenvalue weighted by Crippen LogP contribution is -2.45. The van der Waals surface area contributed by atoms with Gasteiger partial charge in [0.2, 0.25) is 5.91 Å². The molecule has 0 radical (unpaired) electrons. The smallest absolute Gasteiger partial charge is 0.308 e. The highest BCUT2D eigenvalue weighted by molar-refractivity contribution is 7.10. The van der Waals surface area contributed by atoms with Crippen LogP contribution in [0.4, 0.5) is 0 Å². The molecule has 5 heteroatoms. The molecule has 1 aliphatic heterocycles. The molecule has 0 aromatic carbocycles. The predicted molar refractivity (Wildman–Crippen MR) is 78.7 cm³/mol. The Morgan fingerprint density at radius 1 is 1.50 bits per heavy atom. The summed E-state index contributed by atoms with van der Waals surface area (Å²) in [5.74, 6) is -1.18. The average Bonchev–Trinajstić information content (AvgIpc) is 2.93. The Labute approximate surface area is 123 Å². The van der Waals surface area contributed by atoms with Gasteiger partial charge < -0.3 is 10.0 Å². The van der Waals surface area contributed by atoms with Gasteiger partial charge in [-0.3, -0.25) is 9.59 Å². The van der Waals surface area contributed by atoms with Crippen LogP contribution >= 0.6 is 11.3 Å². The summed E-state index contributed by atoms with van der Waals surface area (Å²) < 4.78 is 0. The summed E-state index contributed by atoms with van der Waals surface area (Å²) in [4.78, 5) is 26.5. The summed E-state index contributed by atoms with van der Waals surface area (Å²) in [5, 5.41) is 11.4. The number of carboxylic acids is 1. The number of amides is 1. The molecule has 1 aliphatic rings. The molecule has 1 aromatic rings. The molecule has 0 unspecified atom stereocenters. The number of aliphatic carboxylic acids is 1. The molecular weight excluding hydrogens is 274 g/mol. The van der Waals surface area contributed by atoms with E-state index in [0.717, 1.165) is 24.1 Å². The van der Waals surface area contributed by atoms with Gasteiger partial charge in [-0.05, 0) is 24.3 Å². The van der Waals surface area contributed by atoms with Gasteiger partial charge in [-0.15, -0.1) is 11.3 Å². The normalized spacial score (nSPS) is 23.1. The van der Waals surface area contributed by atoms with Crippen molar-refractivity contribution in [1.29, 1.82) is 0 Å². The highest BCUT2D eigenvalue weighted by atomic mass is 32.1. The van der Waals surface area contributed by atoms with E-state index in [1.165, 1.54) is 11.3 Å². The maximum absolute atomic E-state index is 12.2. The summed E-state index contributed by atoms with van der Waals surface area (Å²) in [6.07, 6.45) is 3.90. The highest BCUT2D eigenvalue weighted by Gasteiger charge is 2.40. The second-order valence-corrected chi connectivity index (χ2v) is 6.22. The zero-order valence-electron chi connectivity index (χ0n) is 11.7. The van der Waals surface area contributed by atoms with Crippen molar-refractivity contribution in [1.82, 2.24) is 4.90 Å². The number of carbonyl (C=O) groups excluding carboxylic acids is 1. The number of thiophene rings is 1. The van der Waals surface area contributed by atoms with E-state index in [0.29, 0.717) is 19.4 Å². The van der Waals surface area contributed by atoms with Gasteiger partial charge in [-0.2, -0.15) is 0 Å². The zero-order valence-corrected chi connectivity index (χ0v) is 12.6. The van der Waals surface area contributed by atoms with E-state index >= 15 is 0 Å². The second kappa shape index (κ2) is 6.88. The first-order valence-electron chi connectivity index (χ1n) is 7.20. The van der Waals surface area contributed by atoms with Crippen molar-refractivity contribution >= 4 is 23.2 Å². The summed E-state index contributed by atoms with van der Waals surface area (Å²) in [5.41, 5.74) is 0. The van der Waals surface area contributed by atoms with Crippen molar-refractivity contribution < 1.29 is 14.7 Å². The lowest BCUT2D eigenvalue weighted by molar-refractivity contribution is -0.152. The van der Waals surface area contributed by atoms with Crippen LogP contribution in [0.5, 0.6) is 0 Å². The monoisotopic (exact) mass is 295 g/mol. The maximum Gasteiger partial charge on any atom is 0.308 e. The van der Waals surface area contributed by atoms with Gasteiger partial charge in [0.05, 0.1) is 12.0 Å². The molecule has 1 saturated heterocycles. The first-order valence-corrected chi connectivity index (χ1v) is 8.08. The molecule has 2 atom stereocenters. The van der Waals surface area contributed by atoms with E-state index in [1.54, 1.807) is 4.90 Å². The Kier molecular flexibility index (Phi) is 5.17. The van der Waals surface area contributed by atoms with Crippen molar-refractivity contribution in [3.8, 4) is 0 Å². The van der Waals surface area contributed by atoms with Gasteiger partial charge in [-0.1, -0.05) is 25.8 Å². The number of piperidine rings is 1. The molecule has 110 valence electrons. The third kappa shape index (κ3) is 3.20. The third-order valence-corrected chi connectivity index (χ3v) is 4.80. The van der Waals surface area contributed by atoms with Crippen LogP contribution in [0.25, 0.3) is 0 Å². The number of rotatable bonds is 6. The van der Waals surface area contributed by atoms with Crippen LogP contribution in [-0.2, 0) is 9.59 Å². The van der Waals surface area contributed by atoms with Crippen LogP contribution in [0.1, 0.15) is 49.9 Å². The minimum atomic E-state index is -0.795. The number of unbranched alkanes of at least 4 members (excludes halogenated alkanes) is 2. The molecule has 1 fully saturated rings. The van der Waals surface area contributed by atoms with Gasteiger partial charge in [0.15, 0.2) is 0 Å². The Hall–Kier alpha value is -1.36. The second-order valence-electron chi connectivity index (χ2n) is 5.24. The van der Waals surface area contributed by atoms with Crippen molar-refractivity contribution in [2.75, 3.05) is 6.54 Å². The fraction of sp³-hybridized carbons (Fsp3) is 0.600. The van der Waals surface area contributed by atoms with Crippen molar-refractivity contribution in [3.63, 3.8) is 0 Å². The fourth-order valence-electron chi connectivity index (χ4n) is 2.82. The Morgan fingerprint density at radius 3 is 2.90 bits per heavy atom. The van der Waals surface area contributed by atoms with Crippen LogP contribution < -0.4 is 0 Å². The predicted octanol–water partition coefficient (Wildman–Crippen LogP) is 3.30. The summed E-state index contributed by atoms with van der Waals surface area (Å²) in [6, 6.07) is 3.57. The maximum atomic E-state index is 12.2. The first kappa shape index (κ1) is 15.0. The van der Waals surface area contributed by atoms with Crippen molar-refractivity contribution in [2.45, 2.75) is 45.1 Å². The van der Waals surface area contributed by atoms with Crippen LogP contribution in [-0.4, -0.2) is 28.4 Å². The third-order valence-electron chi connectivity index (χ3n) is 3.86. The van der Waals surface area contributed by atoms with E-state index in [2.05, 4.69) is 6.92 Å².